The van der Waals surface area contributed by atoms with E-state index in [1.54, 1.807) is 0 Å². The number of aliphatic hydroxyl groups is 2. The van der Waals surface area contributed by atoms with Crippen molar-refractivity contribution in [3.05, 3.63) is 36.4 Å². The van der Waals surface area contributed by atoms with Crippen molar-refractivity contribution in [1.29, 1.82) is 0 Å². The number of aromatic hydroxyl groups is 1. The van der Waals surface area contributed by atoms with Gasteiger partial charge in [0, 0.05) is 0 Å². The summed E-state index contributed by atoms with van der Waals surface area (Å²) in [4.78, 5) is 39.6. The average Bonchev–Trinajstić information content (AvgIpc) is 3.31. The molecule has 0 bridgehead atoms. The van der Waals surface area contributed by atoms with Crippen LogP contribution in [0.4, 0.5) is 11.5 Å². The van der Waals surface area contributed by atoms with Gasteiger partial charge in [0.2, 0.25) is 0 Å². The van der Waals surface area contributed by atoms with E-state index in [0.717, 1.165) is 0 Å². The molecule has 184 valence electrons. The van der Waals surface area contributed by atoms with Crippen LogP contribution in [0.1, 0.15) is 16.6 Å². The van der Waals surface area contributed by atoms with E-state index in [0.29, 0.717) is 5.52 Å². The number of aliphatic hydroxyl groups excluding tert-OH is 2. The number of rotatable bonds is 5. The van der Waals surface area contributed by atoms with Gasteiger partial charge >= 0.3 is 13.8 Å². The molecular weight excluding hydrogens is 479 g/mol. The van der Waals surface area contributed by atoms with Crippen LogP contribution in [0.5, 0.6) is 5.75 Å². The fourth-order valence-corrected chi connectivity index (χ4v) is 3.40. The summed E-state index contributed by atoms with van der Waals surface area (Å²) in [7, 11) is -4.72. The summed E-state index contributed by atoms with van der Waals surface area (Å²) >= 11 is 0. The molecule has 34 heavy (non-hydrogen) atoms. The number of anilines is 2. The second-order valence-corrected chi connectivity index (χ2v) is 8.20. The molecule has 17 heteroatoms. The molecule has 1 aliphatic heterocycles. The molecule has 0 aliphatic carbocycles. The van der Waals surface area contributed by atoms with Crippen LogP contribution in [0.15, 0.2) is 30.9 Å². The van der Waals surface area contributed by atoms with Crippen LogP contribution in [0.3, 0.4) is 0 Å². The van der Waals surface area contributed by atoms with Crippen molar-refractivity contribution >= 4 is 36.5 Å². The Hall–Kier alpha value is -3.37. The Bertz CT molecular complexity index is 1230. The van der Waals surface area contributed by atoms with E-state index in [1.165, 1.54) is 35.4 Å². The maximum Gasteiger partial charge on any atom is 0.469 e. The highest BCUT2D eigenvalue weighted by Gasteiger charge is 2.45. The van der Waals surface area contributed by atoms with Crippen LogP contribution >= 0.6 is 7.82 Å². The highest BCUT2D eigenvalue weighted by atomic mass is 31.2. The Kier molecular flexibility index (Phi) is 7.32. The van der Waals surface area contributed by atoms with Crippen molar-refractivity contribution in [2.75, 3.05) is 18.1 Å². The third-order valence-corrected chi connectivity index (χ3v) is 5.20. The van der Waals surface area contributed by atoms with Gasteiger partial charge in [-0.05, 0) is 12.1 Å². The second kappa shape index (κ2) is 9.86. The largest absolute Gasteiger partial charge is 0.506 e. The fraction of sp³-hybridized carbons (Fsp3) is 0.294. The number of carbonyl (C=O) groups is 1. The van der Waals surface area contributed by atoms with Crippen LogP contribution in [0.25, 0.3) is 11.2 Å². The molecule has 3 aromatic rings. The molecule has 0 radical (unpaired) electrons. The first kappa shape index (κ1) is 25.3. The van der Waals surface area contributed by atoms with E-state index < -0.39 is 44.9 Å². The number of aromatic nitrogens is 4. The number of phenolic OH excluding ortho intramolecular Hbond substituents is 1. The van der Waals surface area contributed by atoms with E-state index in [9.17, 15) is 19.6 Å². The first-order valence-electron chi connectivity index (χ1n) is 9.36. The van der Waals surface area contributed by atoms with Crippen LogP contribution in [-0.2, 0) is 13.8 Å². The number of hydrogen-bond donors (Lipinski definition) is 8. The molecule has 0 spiro atoms. The minimum absolute atomic E-state index is 0.0787. The lowest BCUT2D eigenvalue weighted by Gasteiger charge is -2.16. The number of phosphoric acid groups is 1. The van der Waals surface area contributed by atoms with Crippen LogP contribution in [-0.4, -0.2) is 80.6 Å². The number of benzene rings is 1. The molecule has 4 rings (SSSR count). The SMILES string of the molecule is Nc1c(O)cccc1C(=O)O.Nc1ncnc2c1ncn2[C@@H]1O[C@H](COP(=O)(O)O)[C@@H](O)[C@H]1O. The van der Waals surface area contributed by atoms with Gasteiger partial charge < -0.3 is 46.4 Å². The number of hydrogen-bond acceptors (Lipinski definition) is 12. The number of carboxylic acids is 1. The lowest BCUT2D eigenvalue weighted by molar-refractivity contribution is -0.0504. The lowest BCUT2D eigenvalue weighted by Crippen LogP contribution is -2.33. The molecule has 1 aromatic carbocycles. The van der Waals surface area contributed by atoms with Gasteiger partial charge in [-0.3, -0.25) is 9.09 Å². The Morgan fingerprint density at radius 3 is 2.50 bits per heavy atom. The Labute approximate surface area is 190 Å². The first-order valence-corrected chi connectivity index (χ1v) is 10.9. The van der Waals surface area contributed by atoms with Crippen molar-refractivity contribution in [3.63, 3.8) is 0 Å². The highest BCUT2D eigenvalue weighted by Crippen LogP contribution is 2.38. The molecule has 16 nitrogen and oxygen atoms in total. The molecular formula is C17H21N6O10P. The third-order valence-electron chi connectivity index (χ3n) is 4.72. The number of aromatic carboxylic acids is 1. The van der Waals surface area contributed by atoms with Gasteiger partial charge in [0.15, 0.2) is 17.7 Å². The van der Waals surface area contributed by atoms with Gasteiger partial charge in [-0.25, -0.2) is 24.3 Å². The molecule has 1 aliphatic rings. The summed E-state index contributed by atoms with van der Waals surface area (Å²) in [6, 6.07) is 4.09. The maximum atomic E-state index is 10.7. The molecule has 1 saturated heterocycles. The molecule has 2 aromatic heterocycles. The zero-order valence-corrected chi connectivity index (χ0v) is 18.0. The number of ether oxygens (including phenoxy) is 1. The maximum absolute atomic E-state index is 10.7. The summed E-state index contributed by atoms with van der Waals surface area (Å²) in [6.07, 6.45) is -2.49. The number of phosphoric ester groups is 1. The highest BCUT2D eigenvalue weighted by molar-refractivity contribution is 7.46. The summed E-state index contributed by atoms with van der Waals surface area (Å²) < 4.78 is 21.8. The second-order valence-electron chi connectivity index (χ2n) is 6.96. The van der Waals surface area contributed by atoms with Crippen molar-refractivity contribution < 1.29 is 48.8 Å². The van der Waals surface area contributed by atoms with Gasteiger partial charge in [0.1, 0.15) is 35.9 Å². The number of carboxylic acid groups (broad SMARTS) is 1. The Morgan fingerprint density at radius 2 is 1.88 bits per heavy atom. The van der Waals surface area contributed by atoms with Crippen LogP contribution in [0.2, 0.25) is 0 Å². The quantitative estimate of drug-likeness (QED) is 0.116. The number of nitrogens with zero attached hydrogens (tertiary/aromatic N) is 4. The average molecular weight is 500 g/mol. The van der Waals surface area contributed by atoms with E-state index in [1.807, 2.05) is 0 Å². The summed E-state index contributed by atoms with van der Waals surface area (Å²) in [6.45, 7) is -0.594. The molecule has 1 fully saturated rings. The topological polar surface area (TPSA) is 270 Å². The fourth-order valence-electron chi connectivity index (χ4n) is 3.06. The number of nitrogens with two attached hydrogens (primary N) is 2. The van der Waals surface area contributed by atoms with Gasteiger partial charge in [-0.1, -0.05) is 6.07 Å². The predicted molar refractivity (Wildman–Crippen MR) is 113 cm³/mol. The van der Waals surface area contributed by atoms with E-state index in [4.69, 9.17) is 36.2 Å². The smallest absolute Gasteiger partial charge is 0.469 e. The zero-order chi connectivity index (χ0) is 25.2. The van der Waals surface area contributed by atoms with Crippen molar-refractivity contribution in [3.8, 4) is 5.75 Å². The Balaban J connectivity index is 0.000000248. The normalized spacial score (nSPS) is 22.4. The van der Waals surface area contributed by atoms with Gasteiger partial charge in [-0.15, -0.1) is 0 Å². The molecule has 3 heterocycles. The minimum atomic E-state index is -4.72. The van der Waals surface area contributed by atoms with Gasteiger partial charge in [0.25, 0.3) is 0 Å². The predicted octanol–water partition coefficient (Wildman–Crippen LogP) is -1.19. The third kappa shape index (κ3) is 5.40. The van der Waals surface area contributed by atoms with Gasteiger partial charge in [-0.2, -0.15) is 0 Å². The van der Waals surface area contributed by atoms with Crippen LogP contribution in [0, 0.1) is 0 Å². The van der Waals surface area contributed by atoms with Crippen molar-refractivity contribution in [2.24, 2.45) is 0 Å². The molecule has 0 amide bonds. The summed E-state index contributed by atoms with van der Waals surface area (Å²) in [5.41, 5.74) is 11.3. The van der Waals surface area contributed by atoms with E-state index in [-0.39, 0.29) is 28.5 Å². The summed E-state index contributed by atoms with van der Waals surface area (Å²) in [5, 5.41) is 37.5. The standard InChI is InChI=1S/C10H14N5O7P.C7H7NO3/c11-8-5-9(13-2-12-8)15(3-14-5)10-7(17)6(16)4(22-10)1-21-23(18,19)20;8-6-4(7(10)11)2-1-3-5(6)9/h2-4,6-7,10,16-17H,1H2,(H2,11,12,13)(H2,18,19,20);1-3,9H,8H2,(H,10,11)/t4-,6-,7-,10-;/m1./s1. The number of nitrogen functional groups attached to an aromatic ring is 2. The number of imidazole rings is 1. The number of para-hydroxylation sites is 1. The minimum Gasteiger partial charge on any atom is -0.506 e. The van der Waals surface area contributed by atoms with Gasteiger partial charge in [0.05, 0.1) is 24.2 Å². The summed E-state index contributed by atoms with van der Waals surface area (Å²) in [5.74, 6) is -1.20. The molecule has 4 atom stereocenters. The molecule has 10 N–H and O–H groups in total. The lowest BCUT2D eigenvalue weighted by atomic mass is 10.1. The number of phenols is 1. The van der Waals surface area contributed by atoms with Crippen LogP contribution < -0.4 is 11.5 Å². The van der Waals surface area contributed by atoms with Crippen molar-refractivity contribution in [1.82, 2.24) is 19.5 Å². The Morgan fingerprint density at radius 1 is 1.18 bits per heavy atom. The zero-order valence-electron chi connectivity index (χ0n) is 17.1. The molecule has 0 unspecified atom stereocenters. The van der Waals surface area contributed by atoms with E-state index >= 15 is 0 Å². The molecule has 0 saturated carbocycles. The van der Waals surface area contributed by atoms with E-state index in [2.05, 4.69) is 19.5 Å². The monoisotopic (exact) mass is 500 g/mol. The first-order chi connectivity index (χ1) is 15.9. The van der Waals surface area contributed by atoms with Crippen molar-refractivity contribution in [2.45, 2.75) is 24.5 Å². The number of fused-ring (bicyclic) bond motifs is 1.